The van der Waals surface area contributed by atoms with Crippen LogP contribution >= 0.6 is 0 Å². The van der Waals surface area contributed by atoms with Gasteiger partial charge in [0.2, 0.25) is 0 Å². The van der Waals surface area contributed by atoms with Crippen LogP contribution in [0.25, 0.3) is 11.0 Å². The molecule has 0 bridgehead atoms. The summed E-state index contributed by atoms with van der Waals surface area (Å²) >= 11 is 0. The molecule has 150 valence electrons. The van der Waals surface area contributed by atoms with Crippen LogP contribution in [0.5, 0.6) is 11.5 Å². The highest BCUT2D eigenvalue weighted by Crippen LogP contribution is 2.27. The number of aryl methyl sites for hydroxylation is 1. The number of esters is 1. The fraction of sp³-hybridized carbons (Fsp3) is 0.0833. The standard InChI is InChI=1S/C24H17FO5/c1-14-12-17(25)10-11-20(14)29-23(27)16-8-6-15(7-9-16)13-19-22(26)18-4-2-3-5-21(18)30-24(19)28/h2-12,26H,13H2,1H3. The number of hydrogen-bond donors (Lipinski definition) is 1. The molecule has 0 unspecified atom stereocenters. The van der Waals surface area contributed by atoms with Gasteiger partial charge in [-0.3, -0.25) is 0 Å². The van der Waals surface area contributed by atoms with Gasteiger partial charge in [0.1, 0.15) is 22.9 Å². The molecule has 1 heterocycles. The molecular formula is C24H17FO5. The van der Waals surface area contributed by atoms with Gasteiger partial charge in [-0.2, -0.15) is 0 Å². The van der Waals surface area contributed by atoms with Gasteiger partial charge < -0.3 is 14.3 Å². The Morgan fingerprint density at radius 2 is 1.80 bits per heavy atom. The number of carbonyl (C=O) groups is 1. The Bertz CT molecular complexity index is 1310. The molecule has 0 aliphatic heterocycles. The smallest absolute Gasteiger partial charge is 0.343 e. The van der Waals surface area contributed by atoms with Crippen LogP contribution in [0.1, 0.15) is 27.0 Å². The molecule has 0 radical (unpaired) electrons. The van der Waals surface area contributed by atoms with Crippen molar-refractivity contribution in [2.45, 2.75) is 13.3 Å². The summed E-state index contributed by atoms with van der Waals surface area (Å²) in [5.41, 5.74) is 1.38. The zero-order valence-electron chi connectivity index (χ0n) is 16.0. The van der Waals surface area contributed by atoms with Gasteiger partial charge in [-0.05, 0) is 60.5 Å². The maximum absolute atomic E-state index is 13.2. The SMILES string of the molecule is Cc1cc(F)ccc1OC(=O)c1ccc(Cc2c(O)c3ccccc3oc2=O)cc1. The van der Waals surface area contributed by atoms with Crippen molar-refractivity contribution >= 4 is 16.9 Å². The van der Waals surface area contributed by atoms with Crippen molar-refractivity contribution in [2.24, 2.45) is 0 Å². The quantitative estimate of drug-likeness (QED) is 0.302. The van der Waals surface area contributed by atoms with Gasteiger partial charge in [-0.1, -0.05) is 24.3 Å². The molecule has 1 aromatic heterocycles. The van der Waals surface area contributed by atoms with E-state index in [2.05, 4.69) is 0 Å². The van der Waals surface area contributed by atoms with Crippen molar-refractivity contribution in [1.82, 2.24) is 0 Å². The molecule has 0 fully saturated rings. The molecule has 0 aliphatic rings. The van der Waals surface area contributed by atoms with E-state index in [1.165, 1.54) is 18.2 Å². The average Bonchev–Trinajstić information content (AvgIpc) is 2.73. The monoisotopic (exact) mass is 404 g/mol. The van der Waals surface area contributed by atoms with Crippen molar-refractivity contribution in [3.63, 3.8) is 0 Å². The molecule has 0 saturated carbocycles. The van der Waals surface area contributed by atoms with Crippen LogP contribution in [-0.2, 0) is 6.42 Å². The zero-order chi connectivity index (χ0) is 21.3. The van der Waals surface area contributed by atoms with E-state index >= 15 is 0 Å². The molecule has 1 N–H and O–H groups in total. The number of aromatic hydroxyl groups is 1. The minimum Gasteiger partial charge on any atom is -0.507 e. The number of halogens is 1. The summed E-state index contributed by atoms with van der Waals surface area (Å²) in [6.45, 7) is 1.65. The number of rotatable bonds is 4. The minimum atomic E-state index is -0.610. The topological polar surface area (TPSA) is 76.7 Å². The molecule has 30 heavy (non-hydrogen) atoms. The van der Waals surface area contributed by atoms with E-state index in [1.54, 1.807) is 55.5 Å². The Balaban J connectivity index is 1.55. The van der Waals surface area contributed by atoms with Crippen LogP contribution in [0.2, 0.25) is 0 Å². The van der Waals surface area contributed by atoms with Gasteiger partial charge in [0, 0.05) is 6.42 Å². The van der Waals surface area contributed by atoms with Crippen LogP contribution in [0.15, 0.2) is 75.9 Å². The second-order valence-corrected chi connectivity index (χ2v) is 6.89. The van der Waals surface area contributed by atoms with Crippen LogP contribution in [0, 0.1) is 12.7 Å². The number of para-hydroxylation sites is 1. The zero-order valence-corrected chi connectivity index (χ0v) is 16.0. The Kier molecular flexibility index (Phi) is 5.06. The van der Waals surface area contributed by atoms with Gasteiger partial charge in [0.05, 0.1) is 16.5 Å². The van der Waals surface area contributed by atoms with Gasteiger partial charge in [-0.25, -0.2) is 14.0 Å². The van der Waals surface area contributed by atoms with E-state index in [0.717, 1.165) is 0 Å². The predicted molar refractivity (Wildman–Crippen MR) is 109 cm³/mol. The summed E-state index contributed by atoms with van der Waals surface area (Å²) in [4.78, 5) is 24.6. The van der Waals surface area contributed by atoms with E-state index in [0.29, 0.717) is 27.7 Å². The molecule has 0 amide bonds. The third-order valence-electron chi connectivity index (χ3n) is 4.79. The van der Waals surface area contributed by atoms with Crippen LogP contribution in [0.4, 0.5) is 4.39 Å². The van der Waals surface area contributed by atoms with E-state index in [1.807, 2.05) is 0 Å². The van der Waals surface area contributed by atoms with Crippen molar-refractivity contribution < 1.29 is 23.4 Å². The molecular weight excluding hydrogens is 387 g/mol. The lowest BCUT2D eigenvalue weighted by molar-refractivity contribution is 0.0733. The third-order valence-corrected chi connectivity index (χ3v) is 4.79. The minimum absolute atomic E-state index is 0.114. The molecule has 4 aromatic rings. The van der Waals surface area contributed by atoms with Crippen LogP contribution in [0.3, 0.4) is 0 Å². The molecule has 0 atom stereocenters. The van der Waals surface area contributed by atoms with E-state index < -0.39 is 17.4 Å². The highest BCUT2D eigenvalue weighted by atomic mass is 19.1. The van der Waals surface area contributed by atoms with Gasteiger partial charge in [-0.15, -0.1) is 0 Å². The highest BCUT2D eigenvalue weighted by molar-refractivity contribution is 5.91. The Labute approximate surface area is 171 Å². The summed E-state index contributed by atoms with van der Waals surface area (Å²) in [6.07, 6.45) is 0.144. The van der Waals surface area contributed by atoms with Crippen LogP contribution in [-0.4, -0.2) is 11.1 Å². The normalized spacial score (nSPS) is 10.9. The summed E-state index contributed by atoms with van der Waals surface area (Å²) in [5.74, 6) is -0.816. The van der Waals surface area contributed by atoms with E-state index in [-0.39, 0.29) is 23.5 Å². The summed E-state index contributed by atoms with van der Waals surface area (Å²) in [6, 6.07) is 17.1. The van der Waals surface area contributed by atoms with Crippen molar-refractivity contribution in [3.8, 4) is 11.5 Å². The molecule has 5 nitrogen and oxygen atoms in total. The first-order chi connectivity index (χ1) is 14.4. The van der Waals surface area contributed by atoms with Crippen molar-refractivity contribution in [3.05, 3.63) is 105 Å². The molecule has 0 aliphatic carbocycles. The molecule has 3 aromatic carbocycles. The fourth-order valence-corrected chi connectivity index (χ4v) is 3.18. The second kappa shape index (κ2) is 7.83. The lowest BCUT2D eigenvalue weighted by atomic mass is 10.0. The second-order valence-electron chi connectivity index (χ2n) is 6.89. The van der Waals surface area contributed by atoms with Gasteiger partial charge in [0.25, 0.3) is 0 Å². The Morgan fingerprint density at radius 1 is 1.07 bits per heavy atom. The molecule has 6 heteroatoms. The van der Waals surface area contributed by atoms with Gasteiger partial charge in [0.15, 0.2) is 0 Å². The lowest BCUT2D eigenvalue weighted by Crippen LogP contribution is -2.10. The maximum atomic E-state index is 13.2. The summed E-state index contributed by atoms with van der Waals surface area (Å²) in [7, 11) is 0. The van der Waals surface area contributed by atoms with Crippen molar-refractivity contribution in [2.75, 3.05) is 0 Å². The Hall–Kier alpha value is -3.93. The maximum Gasteiger partial charge on any atom is 0.343 e. The summed E-state index contributed by atoms with van der Waals surface area (Å²) < 4.78 is 23.8. The number of fused-ring (bicyclic) bond motifs is 1. The first-order valence-corrected chi connectivity index (χ1v) is 9.23. The number of ether oxygens (including phenoxy) is 1. The highest BCUT2D eigenvalue weighted by Gasteiger charge is 2.15. The van der Waals surface area contributed by atoms with E-state index in [4.69, 9.17) is 9.15 Å². The molecule has 0 saturated heterocycles. The van der Waals surface area contributed by atoms with Gasteiger partial charge >= 0.3 is 11.6 Å². The van der Waals surface area contributed by atoms with E-state index in [9.17, 15) is 19.1 Å². The molecule has 4 rings (SSSR count). The number of carbonyl (C=O) groups excluding carboxylic acids is 1. The lowest BCUT2D eigenvalue weighted by Gasteiger charge is -2.09. The number of hydrogen-bond acceptors (Lipinski definition) is 5. The third kappa shape index (κ3) is 3.80. The largest absolute Gasteiger partial charge is 0.507 e. The number of benzene rings is 3. The predicted octanol–water partition coefficient (Wildman–Crippen LogP) is 4.76. The first kappa shape index (κ1) is 19.4. The summed E-state index contributed by atoms with van der Waals surface area (Å²) in [5, 5.41) is 10.9. The van der Waals surface area contributed by atoms with Crippen molar-refractivity contribution in [1.29, 1.82) is 0 Å². The van der Waals surface area contributed by atoms with Crippen LogP contribution < -0.4 is 10.4 Å². The fourth-order valence-electron chi connectivity index (χ4n) is 3.18. The average molecular weight is 404 g/mol. The molecule has 0 spiro atoms. The first-order valence-electron chi connectivity index (χ1n) is 9.23. The Morgan fingerprint density at radius 3 is 2.53 bits per heavy atom.